The Morgan fingerprint density at radius 2 is 2.23 bits per heavy atom. The first-order valence-electron chi connectivity index (χ1n) is 4.14. The van der Waals surface area contributed by atoms with Crippen LogP contribution in [0.2, 0.25) is 0 Å². The van der Waals surface area contributed by atoms with Gasteiger partial charge in [-0.1, -0.05) is 18.2 Å². The Kier molecular flexibility index (Phi) is 3.09. The molecular formula is C11H14O2. The fourth-order valence-corrected chi connectivity index (χ4v) is 1.19. The number of benzene rings is 1. The van der Waals surface area contributed by atoms with Crippen LogP contribution in [-0.4, -0.2) is 12.2 Å². The van der Waals surface area contributed by atoms with Crippen LogP contribution in [0.15, 0.2) is 30.9 Å². The first kappa shape index (κ1) is 9.81. The molecular weight excluding hydrogens is 164 g/mol. The fourth-order valence-electron chi connectivity index (χ4n) is 1.19. The molecule has 0 saturated carbocycles. The third-order valence-electron chi connectivity index (χ3n) is 1.93. The van der Waals surface area contributed by atoms with Gasteiger partial charge in [-0.3, -0.25) is 0 Å². The summed E-state index contributed by atoms with van der Waals surface area (Å²) in [6.45, 7) is 5.51. The molecule has 1 aromatic carbocycles. The zero-order valence-electron chi connectivity index (χ0n) is 7.95. The van der Waals surface area contributed by atoms with Gasteiger partial charge in [-0.25, -0.2) is 0 Å². The quantitative estimate of drug-likeness (QED) is 0.719. The van der Waals surface area contributed by atoms with Gasteiger partial charge < -0.3 is 9.84 Å². The molecule has 0 saturated heterocycles. The number of aliphatic hydroxyl groups excluding tert-OH is 1. The molecule has 2 heteroatoms. The van der Waals surface area contributed by atoms with Gasteiger partial charge in [-0.2, -0.15) is 0 Å². The van der Waals surface area contributed by atoms with Crippen molar-refractivity contribution in [3.8, 4) is 5.75 Å². The van der Waals surface area contributed by atoms with E-state index in [2.05, 4.69) is 6.58 Å². The third kappa shape index (κ3) is 2.10. The van der Waals surface area contributed by atoms with Crippen LogP contribution in [0.25, 0.3) is 0 Å². The summed E-state index contributed by atoms with van der Waals surface area (Å²) in [5, 5.41) is 9.53. The number of rotatable bonds is 3. The number of ether oxygens (including phenoxy) is 1. The average Bonchev–Trinajstić information content (AvgIpc) is 2.16. The van der Waals surface area contributed by atoms with Crippen LogP contribution in [-0.2, 0) is 0 Å². The molecule has 2 nitrogen and oxygen atoms in total. The maximum Gasteiger partial charge on any atom is 0.125 e. The van der Waals surface area contributed by atoms with Gasteiger partial charge in [0.1, 0.15) is 11.9 Å². The van der Waals surface area contributed by atoms with Crippen LogP contribution < -0.4 is 4.74 Å². The van der Waals surface area contributed by atoms with E-state index in [4.69, 9.17) is 4.74 Å². The lowest BCUT2D eigenvalue weighted by Crippen LogP contribution is -1.97. The highest BCUT2D eigenvalue weighted by atomic mass is 16.5. The number of aliphatic hydroxyl groups is 1. The molecule has 0 aliphatic rings. The maximum absolute atomic E-state index is 9.53. The van der Waals surface area contributed by atoms with E-state index in [1.54, 1.807) is 7.11 Å². The summed E-state index contributed by atoms with van der Waals surface area (Å²) in [6, 6.07) is 5.67. The summed E-state index contributed by atoms with van der Waals surface area (Å²) >= 11 is 0. The predicted molar refractivity (Wildman–Crippen MR) is 52.9 cm³/mol. The van der Waals surface area contributed by atoms with E-state index in [1.807, 2.05) is 25.1 Å². The van der Waals surface area contributed by atoms with Gasteiger partial charge in [0.05, 0.1) is 7.11 Å². The van der Waals surface area contributed by atoms with Gasteiger partial charge >= 0.3 is 0 Å². The van der Waals surface area contributed by atoms with Crippen LogP contribution >= 0.6 is 0 Å². The number of hydrogen-bond acceptors (Lipinski definition) is 2. The Balaban J connectivity index is 3.12. The van der Waals surface area contributed by atoms with Crippen molar-refractivity contribution in [3.05, 3.63) is 42.0 Å². The lowest BCUT2D eigenvalue weighted by atomic mass is 10.1. The Morgan fingerprint density at radius 1 is 1.54 bits per heavy atom. The van der Waals surface area contributed by atoms with Crippen LogP contribution in [0.4, 0.5) is 0 Å². The van der Waals surface area contributed by atoms with Gasteiger partial charge in [-0.05, 0) is 18.6 Å². The van der Waals surface area contributed by atoms with Crippen molar-refractivity contribution in [1.29, 1.82) is 0 Å². The van der Waals surface area contributed by atoms with Gasteiger partial charge in [-0.15, -0.1) is 6.58 Å². The lowest BCUT2D eigenvalue weighted by Gasteiger charge is -2.11. The summed E-state index contributed by atoms with van der Waals surface area (Å²) in [7, 11) is 1.59. The zero-order chi connectivity index (χ0) is 9.84. The van der Waals surface area contributed by atoms with Gasteiger partial charge in [0.2, 0.25) is 0 Å². The van der Waals surface area contributed by atoms with E-state index < -0.39 is 6.10 Å². The maximum atomic E-state index is 9.53. The summed E-state index contributed by atoms with van der Waals surface area (Å²) < 4.78 is 5.14. The topological polar surface area (TPSA) is 29.5 Å². The minimum atomic E-state index is -0.657. The van der Waals surface area contributed by atoms with Crippen molar-refractivity contribution in [2.24, 2.45) is 0 Å². The van der Waals surface area contributed by atoms with Crippen LogP contribution in [0.3, 0.4) is 0 Å². The first-order valence-corrected chi connectivity index (χ1v) is 4.14. The van der Waals surface area contributed by atoms with E-state index in [-0.39, 0.29) is 0 Å². The van der Waals surface area contributed by atoms with E-state index >= 15 is 0 Å². The highest BCUT2D eigenvalue weighted by Crippen LogP contribution is 2.26. The molecule has 1 unspecified atom stereocenters. The predicted octanol–water partition coefficient (Wildman–Crippen LogP) is 2.22. The number of methoxy groups -OCH3 is 1. The molecule has 13 heavy (non-hydrogen) atoms. The summed E-state index contributed by atoms with van der Waals surface area (Å²) in [5.41, 5.74) is 1.86. The monoisotopic (exact) mass is 178 g/mol. The molecule has 1 aromatic rings. The molecule has 1 rings (SSSR count). The highest BCUT2D eigenvalue weighted by Gasteiger charge is 2.08. The SMILES string of the molecule is C=CC(O)c1ccc(C)cc1OC. The molecule has 0 aliphatic heterocycles. The second-order valence-corrected chi connectivity index (χ2v) is 2.93. The molecule has 0 amide bonds. The minimum Gasteiger partial charge on any atom is -0.496 e. The first-order chi connectivity index (χ1) is 6.19. The molecule has 1 N–H and O–H groups in total. The van der Waals surface area contributed by atoms with Crippen LogP contribution in [0.1, 0.15) is 17.2 Å². The average molecular weight is 178 g/mol. The van der Waals surface area contributed by atoms with Crippen molar-refractivity contribution in [2.45, 2.75) is 13.0 Å². The summed E-state index contributed by atoms with van der Waals surface area (Å²) in [6.07, 6.45) is 0.822. The molecule has 0 spiro atoms. The van der Waals surface area contributed by atoms with Crippen molar-refractivity contribution in [3.63, 3.8) is 0 Å². The highest BCUT2D eigenvalue weighted by molar-refractivity contribution is 5.39. The van der Waals surface area contributed by atoms with Gasteiger partial charge in [0.15, 0.2) is 0 Å². The number of aryl methyl sites for hydroxylation is 1. The van der Waals surface area contributed by atoms with Crippen molar-refractivity contribution < 1.29 is 9.84 Å². The van der Waals surface area contributed by atoms with Crippen molar-refractivity contribution in [2.75, 3.05) is 7.11 Å². The molecule has 0 radical (unpaired) electrons. The Labute approximate surface area is 78.5 Å². The molecule has 0 aliphatic carbocycles. The largest absolute Gasteiger partial charge is 0.496 e. The van der Waals surface area contributed by atoms with E-state index in [9.17, 15) is 5.11 Å². The van der Waals surface area contributed by atoms with Crippen molar-refractivity contribution >= 4 is 0 Å². The Morgan fingerprint density at radius 3 is 2.77 bits per heavy atom. The third-order valence-corrected chi connectivity index (χ3v) is 1.93. The lowest BCUT2D eigenvalue weighted by molar-refractivity contribution is 0.223. The van der Waals surface area contributed by atoms with Crippen LogP contribution in [0.5, 0.6) is 5.75 Å². The van der Waals surface area contributed by atoms with E-state index in [1.165, 1.54) is 6.08 Å². The van der Waals surface area contributed by atoms with E-state index in [0.29, 0.717) is 5.75 Å². The number of hydrogen-bond donors (Lipinski definition) is 1. The molecule has 1 atom stereocenters. The normalized spacial score (nSPS) is 12.2. The minimum absolute atomic E-state index is 0.657. The standard InChI is InChI=1S/C11H14O2/c1-4-10(12)9-6-5-8(2)7-11(9)13-3/h4-7,10,12H,1H2,2-3H3. The second kappa shape index (κ2) is 4.10. The van der Waals surface area contributed by atoms with E-state index in [0.717, 1.165) is 11.1 Å². The second-order valence-electron chi connectivity index (χ2n) is 2.93. The Bertz CT molecular complexity index is 305. The Hall–Kier alpha value is -1.28. The molecule has 0 heterocycles. The fraction of sp³-hybridized carbons (Fsp3) is 0.273. The molecule has 0 bridgehead atoms. The van der Waals surface area contributed by atoms with Crippen molar-refractivity contribution in [1.82, 2.24) is 0 Å². The zero-order valence-corrected chi connectivity index (χ0v) is 7.95. The molecule has 0 aromatic heterocycles. The molecule has 0 fully saturated rings. The smallest absolute Gasteiger partial charge is 0.125 e. The van der Waals surface area contributed by atoms with Gasteiger partial charge in [0, 0.05) is 5.56 Å². The summed E-state index contributed by atoms with van der Waals surface area (Å²) in [4.78, 5) is 0. The summed E-state index contributed by atoms with van der Waals surface area (Å²) in [5.74, 6) is 0.701. The van der Waals surface area contributed by atoms with Gasteiger partial charge in [0.25, 0.3) is 0 Å². The molecule has 70 valence electrons. The van der Waals surface area contributed by atoms with Crippen LogP contribution in [0, 0.1) is 6.92 Å².